The molecule has 0 atom stereocenters. The molecule has 0 aliphatic carbocycles. The Kier molecular flexibility index (Phi) is 5.89. The van der Waals surface area contributed by atoms with E-state index in [-0.39, 0.29) is 18.0 Å². The van der Waals surface area contributed by atoms with Crippen molar-refractivity contribution >= 4 is 17.8 Å². The molecule has 6 nitrogen and oxygen atoms in total. The summed E-state index contributed by atoms with van der Waals surface area (Å²) in [6, 6.07) is 12.4. The normalized spacial score (nSPS) is 10.3. The van der Waals surface area contributed by atoms with Gasteiger partial charge in [0, 0.05) is 23.8 Å². The van der Waals surface area contributed by atoms with Crippen molar-refractivity contribution in [1.82, 2.24) is 15.6 Å². The summed E-state index contributed by atoms with van der Waals surface area (Å²) in [7, 11) is 0. The van der Waals surface area contributed by atoms with Crippen LogP contribution in [0.15, 0.2) is 42.5 Å². The van der Waals surface area contributed by atoms with Gasteiger partial charge in [0.25, 0.3) is 5.91 Å². The minimum absolute atomic E-state index is 0.0892. The lowest BCUT2D eigenvalue weighted by Gasteiger charge is -2.10. The average molecular weight is 326 g/mol. The number of nitrogens with zero attached hydrogens (tertiary/aromatic N) is 1. The van der Waals surface area contributed by atoms with Crippen LogP contribution in [0.5, 0.6) is 0 Å². The number of hydrogen-bond acceptors (Lipinski definition) is 3. The van der Waals surface area contributed by atoms with Gasteiger partial charge in [-0.15, -0.1) is 0 Å². The smallest absolute Gasteiger partial charge is 0.315 e. The number of anilines is 1. The Hall–Kier alpha value is -2.89. The van der Waals surface area contributed by atoms with Crippen LogP contribution in [0.3, 0.4) is 0 Å². The van der Waals surface area contributed by atoms with Crippen LogP contribution in [0.4, 0.5) is 10.6 Å². The maximum atomic E-state index is 12.2. The molecular formula is C18H22N4O2. The second-order valence-electron chi connectivity index (χ2n) is 5.80. The Labute approximate surface area is 141 Å². The standard InChI is InChI=1S/C18H22N4O2/c1-12(2)20-18(24)19-11-14-7-9-15(10-8-14)17(23)22-16-6-4-5-13(3)21-16/h4-10,12H,11H2,1-3H3,(H2,19,20,24)(H,21,22,23). The molecule has 24 heavy (non-hydrogen) atoms. The highest BCUT2D eigenvalue weighted by Crippen LogP contribution is 2.09. The van der Waals surface area contributed by atoms with Gasteiger partial charge in [-0.3, -0.25) is 4.79 Å². The van der Waals surface area contributed by atoms with Crippen molar-refractivity contribution in [1.29, 1.82) is 0 Å². The van der Waals surface area contributed by atoms with Crippen LogP contribution >= 0.6 is 0 Å². The molecule has 3 amide bonds. The van der Waals surface area contributed by atoms with Crippen LogP contribution in [0.1, 0.15) is 35.5 Å². The molecule has 0 saturated heterocycles. The molecule has 2 aromatic rings. The predicted molar refractivity (Wildman–Crippen MR) is 93.9 cm³/mol. The fourth-order valence-electron chi connectivity index (χ4n) is 2.07. The Balaban J connectivity index is 1.91. The van der Waals surface area contributed by atoms with Crippen molar-refractivity contribution in [3.8, 4) is 0 Å². The highest BCUT2D eigenvalue weighted by atomic mass is 16.2. The summed E-state index contributed by atoms with van der Waals surface area (Å²) in [6.07, 6.45) is 0. The summed E-state index contributed by atoms with van der Waals surface area (Å²) in [5.41, 5.74) is 2.29. The van der Waals surface area contributed by atoms with Gasteiger partial charge in [-0.1, -0.05) is 18.2 Å². The largest absolute Gasteiger partial charge is 0.336 e. The monoisotopic (exact) mass is 326 g/mol. The summed E-state index contributed by atoms with van der Waals surface area (Å²) in [6.45, 7) is 6.07. The fraction of sp³-hybridized carbons (Fsp3) is 0.278. The maximum Gasteiger partial charge on any atom is 0.315 e. The molecular weight excluding hydrogens is 304 g/mol. The van der Waals surface area contributed by atoms with Gasteiger partial charge in [-0.05, 0) is 50.6 Å². The summed E-state index contributed by atoms with van der Waals surface area (Å²) in [5.74, 6) is 0.307. The first kappa shape index (κ1) is 17.5. The SMILES string of the molecule is Cc1cccc(NC(=O)c2ccc(CNC(=O)NC(C)C)cc2)n1. The topological polar surface area (TPSA) is 83.1 Å². The molecule has 3 N–H and O–H groups in total. The quantitative estimate of drug-likeness (QED) is 0.790. The molecule has 0 bridgehead atoms. The van der Waals surface area contributed by atoms with Crippen LogP contribution in [0.2, 0.25) is 0 Å². The van der Waals surface area contributed by atoms with E-state index in [0.717, 1.165) is 11.3 Å². The first-order chi connectivity index (χ1) is 11.4. The van der Waals surface area contributed by atoms with Gasteiger partial charge in [0.05, 0.1) is 0 Å². The van der Waals surface area contributed by atoms with E-state index in [4.69, 9.17) is 0 Å². The molecule has 1 aromatic carbocycles. The first-order valence-corrected chi connectivity index (χ1v) is 7.82. The number of urea groups is 1. The Bertz CT molecular complexity index is 711. The molecule has 0 radical (unpaired) electrons. The molecule has 126 valence electrons. The van der Waals surface area contributed by atoms with Crippen molar-refractivity contribution in [2.75, 3.05) is 5.32 Å². The zero-order chi connectivity index (χ0) is 17.5. The van der Waals surface area contributed by atoms with Gasteiger partial charge < -0.3 is 16.0 Å². The van der Waals surface area contributed by atoms with Crippen molar-refractivity contribution in [3.05, 3.63) is 59.3 Å². The number of rotatable bonds is 5. The third-order valence-electron chi connectivity index (χ3n) is 3.22. The Morgan fingerprint density at radius 2 is 1.79 bits per heavy atom. The minimum atomic E-state index is -0.217. The predicted octanol–water partition coefficient (Wildman–Crippen LogP) is 2.85. The van der Waals surface area contributed by atoms with E-state index in [0.29, 0.717) is 17.9 Å². The molecule has 0 aliphatic heterocycles. The van der Waals surface area contributed by atoms with Crippen molar-refractivity contribution < 1.29 is 9.59 Å². The number of hydrogen-bond donors (Lipinski definition) is 3. The first-order valence-electron chi connectivity index (χ1n) is 7.82. The van der Waals surface area contributed by atoms with E-state index in [1.54, 1.807) is 18.2 Å². The molecule has 0 fully saturated rings. The summed E-state index contributed by atoms with van der Waals surface area (Å²) < 4.78 is 0. The van der Waals surface area contributed by atoms with Gasteiger partial charge in [0.1, 0.15) is 5.82 Å². The van der Waals surface area contributed by atoms with Crippen LogP contribution < -0.4 is 16.0 Å². The van der Waals surface area contributed by atoms with E-state index in [1.165, 1.54) is 0 Å². The molecule has 2 rings (SSSR count). The number of carbonyl (C=O) groups excluding carboxylic acids is 2. The molecule has 0 unspecified atom stereocenters. The van der Waals surface area contributed by atoms with E-state index >= 15 is 0 Å². The second-order valence-corrected chi connectivity index (χ2v) is 5.80. The summed E-state index contributed by atoms with van der Waals surface area (Å²) in [4.78, 5) is 28.0. The van der Waals surface area contributed by atoms with Gasteiger partial charge >= 0.3 is 6.03 Å². The van der Waals surface area contributed by atoms with Crippen LogP contribution in [0, 0.1) is 6.92 Å². The van der Waals surface area contributed by atoms with Crippen LogP contribution in [-0.2, 0) is 6.54 Å². The van der Waals surface area contributed by atoms with E-state index in [1.807, 2.05) is 45.0 Å². The summed E-state index contributed by atoms with van der Waals surface area (Å²) in [5, 5.41) is 8.28. The van der Waals surface area contributed by atoms with E-state index in [2.05, 4.69) is 20.9 Å². The highest BCUT2D eigenvalue weighted by Gasteiger charge is 2.07. The molecule has 1 heterocycles. The molecule has 0 aliphatic rings. The van der Waals surface area contributed by atoms with E-state index < -0.39 is 0 Å². The third-order valence-corrected chi connectivity index (χ3v) is 3.22. The number of nitrogens with one attached hydrogen (secondary N) is 3. The number of pyridine rings is 1. The Morgan fingerprint density at radius 1 is 1.08 bits per heavy atom. The molecule has 1 aromatic heterocycles. The van der Waals surface area contributed by atoms with E-state index in [9.17, 15) is 9.59 Å². The number of aryl methyl sites for hydroxylation is 1. The van der Waals surface area contributed by atoms with Crippen LogP contribution in [-0.4, -0.2) is 23.0 Å². The van der Waals surface area contributed by atoms with Gasteiger partial charge in [0.15, 0.2) is 0 Å². The Morgan fingerprint density at radius 3 is 2.42 bits per heavy atom. The molecule has 6 heteroatoms. The number of benzene rings is 1. The summed E-state index contributed by atoms with van der Waals surface area (Å²) >= 11 is 0. The van der Waals surface area contributed by atoms with Crippen molar-refractivity contribution in [3.63, 3.8) is 0 Å². The lowest BCUT2D eigenvalue weighted by molar-refractivity contribution is 0.102. The number of carbonyl (C=O) groups is 2. The van der Waals surface area contributed by atoms with Crippen molar-refractivity contribution in [2.24, 2.45) is 0 Å². The molecule has 0 saturated carbocycles. The second kappa shape index (κ2) is 8.10. The zero-order valence-corrected chi connectivity index (χ0v) is 14.1. The molecule has 0 spiro atoms. The zero-order valence-electron chi connectivity index (χ0n) is 14.1. The number of aromatic nitrogens is 1. The minimum Gasteiger partial charge on any atom is -0.336 e. The van der Waals surface area contributed by atoms with Crippen LogP contribution in [0.25, 0.3) is 0 Å². The average Bonchev–Trinajstić information content (AvgIpc) is 2.53. The lowest BCUT2D eigenvalue weighted by Crippen LogP contribution is -2.39. The third kappa shape index (κ3) is 5.39. The maximum absolute atomic E-state index is 12.2. The van der Waals surface area contributed by atoms with Gasteiger partial charge in [-0.25, -0.2) is 9.78 Å². The number of amides is 3. The van der Waals surface area contributed by atoms with Gasteiger partial charge in [-0.2, -0.15) is 0 Å². The van der Waals surface area contributed by atoms with Crippen molar-refractivity contribution in [2.45, 2.75) is 33.4 Å². The fourth-order valence-corrected chi connectivity index (χ4v) is 2.07. The lowest BCUT2D eigenvalue weighted by atomic mass is 10.1. The van der Waals surface area contributed by atoms with Gasteiger partial charge in [0.2, 0.25) is 0 Å². The highest BCUT2D eigenvalue weighted by molar-refractivity contribution is 6.03.